The highest BCUT2D eigenvalue weighted by Gasteiger charge is 2.10. The first kappa shape index (κ1) is 11.3. The fourth-order valence-electron chi connectivity index (χ4n) is 1.51. The van der Waals surface area contributed by atoms with Gasteiger partial charge in [-0.25, -0.2) is 4.98 Å². The summed E-state index contributed by atoms with van der Waals surface area (Å²) < 4.78 is 5.79. The van der Waals surface area contributed by atoms with Gasteiger partial charge >= 0.3 is 0 Å². The van der Waals surface area contributed by atoms with Gasteiger partial charge < -0.3 is 4.42 Å². The molecule has 0 atom stereocenters. The SMILES string of the molecule is O=C(Nc1nc2ccc(Cl)cc2s1)c1ccoc1. The molecular formula is C12H7ClN2O2S. The summed E-state index contributed by atoms with van der Waals surface area (Å²) in [6.45, 7) is 0. The molecular weight excluding hydrogens is 272 g/mol. The molecule has 3 aromatic rings. The van der Waals surface area contributed by atoms with Crippen molar-refractivity contribution < 1.29 is 9.21 Å². The van der Waals surface area contributed by atoms with Gasteiger partial charge in [0, 0.05) is 5.02 Å². The van der Waals surface area contributed by atoms with E-state index in [1.807, 2.05) is 12.1 Å². The Labute approximate surface area is 111 Å². The van der Waals surface area contributed by atoms with E-state index in [0.29, 0.717) is 15.7 Å². The maximum atomic E-state index is 11.8. The summed E-state index contributed by atoms with van der Waals surface area (Å²) in [5.74, 6) is -0.242. The van der Waals surface area contributed by atoms with Crippen LogP contribution in [0, 0.1) is 0 Å². The molecule has 0 saturated carbocycles. The molecule has 4 nitrogen and oxygen atoms in total. The zero-order valence-electron chi connectivity index (χ0n) is 9.01. The Morgan fingerprint density at radius 2 is 2.28 bits per heavy atom. The van der Waals surface area contributed by atoms with E-state index in [1.165, 1.54) is 23.9 Å². The lowest BCUT2D eigenvalue weighted by atomic mass is 10.3. The largest absolute Gasteiger partial charge is 0.472 e. The van der Waals surface area contributed by atoms with Crippen molar-refractivity contribution in [2.45, 2.75) is 0 Å². The third kappa shape index (κ3) is 2.10. The third-order valence-electron chi connectivity index (χ3n) is 2.35. The monoisotopic (exact) mass is 278 g/mol. The van der Waals surface area contributed by atoms with E-state index in [0.717, 1.165) is 10.2 Å². The van der Waals surface area contributed by atoms with Gasteiger partial charge in [-0.1, -0.05) is 22.9 Å². The molecule has 0 spiro atoms. The molecule has 0 saturated heterocycles. The Morgan fingerprint density at radius 3 is 3.06 bits per heavy atom. The van der Waals surface area contributed by atoms with E-state index < -0.39 is 0 Å². The highest BCUT2D eigenvalue weighted by molar-refractivity contribution is 7.22. The number of furan rings is 1. The number of carbonyl (C=O) groups excluding carboxylic acids is 1. The van der Waals surface area contributed by atoms with Crippen LogP contribution in [0.2, 0.25) is 5.02 Å². The zero-order chi connectivity index (χ0) is 12.5. The lowest BCUT2D eigenvalue weighted by molar-refractivity contribution is 0.102. The number of amides is 1. The zero-order valence-corrected chi connectivity index (χ0v) is 10.6. The molecule has 1 N–H and O–H groups in total. The van der Waals surface area contributed by atoms with E-state index in [1.54, 1.807) is 12.1 Å². The second kappa shape index (κ2) is 4.44. The standard InChI is InChI=1S/C12H7ClN2O2S/c13-8-1-2-9-10(5-8)18-12(14-9)15-11(16)7-3-4-17-6-7/h1-6H,(H,14,15,16). The number of benzene rings is 1. The molecule has 0 fully saturated rings. The van der Waals surface area contributed by atoms with Crippen molar-refractivity contribution >= 4 is 44.2 Å². The topological polar surface area (TPSA) is 55.1 Å². The van der Waals surface area contributed by atoms with Gasteiger partial charge in [-0.2, -0.15) is 0 Å². The number of anilines is 1. The van der Waals surface area contributed by atoms with Crippen LogP contribution in [0.3, 0.4) is 0 Å². The molecule has 0 aliphatic heterocycles. The van der Waals surface area contributed by atoms with Crippen molar-refractivity contribution in [3.8, 4) is 0 Å². The minimum Gasteiger partial charge on any atom is -0.472 e. The second-order valence-electron chi connectivity index (χ2n) is 3.60. The van der Waals surface area contributed by atoms with Crippen molar-refractivity contribution in [3.05, 3.63) is 47.4 Å². The first-order chi connectivity index (χ1) is 8.72. The Hall–Kier alpha value is -1.85. The van der Waals surface area contributed by atoms with Gasteiger partial charge in [0.15, 0.2) is 5.13 Å². The van der Waals surface area contributed by atoms with E-state index in [-0.39, 0.29) is 5.91 Å². The number of rotatable bonds is 2. The minimum absolute atomic E-state index is 0.242. The summed E-state index contributed by atoms with van der Waals surface area (Å²) in [6, 6.07) is 7.01. The molecule has 1 amide bonds. The van der Waals surface area contributed by atoms with Gasteiger partial charge in [-0.05, 0) is 24.3 Å². The Bertz CT molecular complexity index is 706. The van der Waals surface area contributed by atoms with Gasteiger partial charge in [0.1, 0.15) is 6.26 Å². The molecule has 0 radical (unpaired) electrons. The number of halogens is 1. The smallest absolute Gasteiger partial charge is 0.260 e. The lowest BCUT2D eigenvalue weighted by Crippen LogP contribution is -2.10. The summed E-state index contributed by atoms with van der Waals surface area (Å²) in [6.07, 6.45) is 2.84. The van der Waals surface area contributed by atoms with Gasteiger partial charge in [0.25, 0.3) is 5.91 Å². The molecule has 0 bridgehead atoms. The molecule has 2 heterocycles. The maximum Gasteiger partial charge on any atom is 0.260 e. The van der Waals surface area contributed by atoms with Crippen LogP contribution in [-0.4, -0.2) is 10.9 Å². The van der Waals surface area contributed by atoms with Crippen molar-refractivity contribution in [1.82, 2.24) is 4.98 Å². The first-order valence-corrected chi connectivity index (χ1v) is 6.31. The molecule has 0 aliphatic rings. The number of thiazole rings is 1. The summed E-state index contributed by atoms with van der Waals surface area (Å²) in [4.78, 5) is 16.1. The second-order valence-corrected chi connectivity index (χ2v) is 5.06. The molecule has 2 aromatic heterocycles. The van der Waals surface area contributed by atoms with Gasteiger partial charge in [0.05, 0.1) is 22.0 Å². The van der Waals surface area contributed by atoms with Gasteiger partial charge in [-0.3, -0.25) is 10.1 Å². The van der Waals surface area contributed by atoms with Crippen LogP contribution in [0.15, 0.2) is 41.2 Å². The number of hydrogen-bond donors (Lipinski definition) is 1. The third-order valence-corrected chi connectivity index (χ3v) is 3.52. The predicted octanol–water partition coefficient (Wildman–Crippen LogP) is 3.80. The molecule has 6 heteroatoms. The average molecular weight is 279 g/mol. The summed E-state index contributed by atoms with van der Waals surface area (Å²) >= 11 is 7.27. The highest BCUT2D eigenvalue weighted by Crippen LogP contribution is 2.28. The van der Waals surface area contributed by atoms with Crippen LogP contribution >= 0.6 is 22.9 Å². The predicted molar refractivity (Wildman–Crippen MR) is 71.3 cm³/mol. The molecule has 18 heavy (non-hydrogen) atoms. The van der Waals surface area contributed by atoms with Crippen molar-refractivity contribution in [2.24, 2.45) is 0 Å². The van der Waals surface area contributed by atoms with Crippen molar-refractivity contribution in [2.75, 3.05) is 5.32 Å². The number of carbonyl (C=O) groups is 1. The molecule has 0 unspecified atom stereocenters. The first-order valence-electron chi connectivity index (χ1n) is 5.12. The molecule has 1 aromatic carbocycles. The molecule has 0 aliphatic carbocycles. The molecule has 90 valence electrons. The van der Waals surface area contributed by atoms with Crippen molar-refractivity contribution in [1.29, 1.82) is 0 Å². The van der Waals surface area contributed by atoms with E-state index in [9.17, 15) is 4.79 Å². The number of nitrogens with one attached hydrogen (secondary N) is 1. The van der Waals surface area contributed by atoms with E-state index >= 15 is 0 Å². The Kier molecular flexibility index (Phi) is 2.77. The van der Waals surface area contributed by atoms with Gasteiger partial charge in [0.2, 0.25) is 0 Å². The number of nitrogens with zero attached hydrogens (tertiary/aromatic N) is 1. The number of fused-ring (bicyclic) bond motifs is 1. The summed E-state index contributed by atoms with van der Waals surface area (Å²) in [5, 5.41) is 3.91. The van der Waals surface area contributed by atoms with Crippen molar-refractivity contribution in [3.63, 3.8) is 0 Å². The lowest BCUT2D eigenvalue weighted by Gasteiger charge is -1.96. The van der Waals surface area contributed by atoms with Crippen LogP contribution in [0.5, 0.6) is 0 Å². The fourth-order valence-corrected chi connectivity index (χ4v) is 2.65. The number of hydrogen-bond acceptors (Lipinski definition) is 4. The molecule has 3 rings (SSSR count). The van der Waals surface area contributed by atoms with Crippen LogP contribution in [0.1, 0.15) is 10.4 Å². The number of aromatic nitrogens is 1. The van der Waals surface area contributed by atoms with E-state index in [4.69, 9.17) is 16.0 Å². The van der Waals surface area contributed by atoms with Crippen LogP contribution in [0.25, 0.3) is 10.2 Å². The summed E-state index contributed by atoms with van der Waals surface area (Å²) in [5.41, 5.74) is 1.28. The minimum atomic E-state index is -0.242. The normalized spacial score (nSPS) is 10.7. The summed E-state index contributed by atoms with van der Waals surface area (Å²) in [7, 11) is 0. The van der Waals surface area contributed by atoms with Crippen LogP contribution in [-0.2, 0) is 0 Å². The van der Waals surface area contributed by atoms with Crippen LogP contribution in [0.4, 0.5) is 5.13 Å². The maximum absolute atomic E-state index is 11.8. The highest BCUT2D eigenvalue weighted by atomic mass is 35.5. The fraction of sp³-hybridized carbons (Fsp3) is 0. The quantitative estimate of drug-likeness (QED) is 0.776. The van der Waals surface area contributed by atoms with Crippen LogP contribution < -0.4 is 5.32 Å². The Balaban J connectivity index is 1.89. The average Bonchev–Trinajstić information content (AvgIpc) is 2.95. The van der Waals surface area contributed by atoms with E-state index in [2.05, 4.69) is 10.3 Å². The van der Waals surface area contributed by atoms with Gasteiger partial charge in [-0.15, -0.1) is 0 Å². The Morgan fingerprint density at radius 1 is 1.39 bits per heavy atom.